The Morgan fingerprint density at radius 2 is 2.28 bits per heavy atom. The number of ether oxygens (including phenoxy) is 3. The largest absolute Gasteiger partial charge is 0.497 e. The number of fused-ring (bicyclic) bond motifs is 1. The number of rotatable bonds is 3. The van der Waals surface area contributed by atoms with Crippen LogP contribution in [0, 0.1) is 0 Å². The Morgan fingerprint density at radius 1 is 1.50 bits per heavy atom. The van der Waals surface area contributed by atoms with Crippen LogP contribution in [-0.4, -0.2) is 31.6 Å². The molecule has 1 atom stereocenters. The second-order valence-corrected chi connectivity index (χ2v) is 3.85. The van der Waals surface area contributed by atoms with E-state index in [9.17, 15) is 9.59 Å². The van der Waals surface area contributed by atoms with Crippen LogP contribution < -0.4 is 9.47 Å². The van der Waals surface area contributed by atoms with Crippen LogP contribution in [0.2, 0.25) is 0 Å². The summed E-state index contributed by atoms with van der Waals surface area (Å²) in [5.74, 6) is 0.297. The van der Waals surface area contributed by atoms with Gasteiger partial charge in [0.15, 0.2) is 5.78 Å². The molecule has 1 aromatic carbocycles. The molecule has 18 heavy (non-hydrogen) atoms. The SMILES string of the molecule is CCOC(=O)[C@H]1CC(=O)c2ccc(OC)cc2O1. The van der Waals surface area contributed by atoms with E-state index in [1.807, 2.05) is 0 Å². The van der Waals surface area contributed by atoms with Gasteiger partial charge >= 0.3 is 5.97 Å². The zero-order valence-electron chi connectivity index (χ0n) is 10.3. The van der Waals surface area contributed by atoms with E-state index in [0.29, 0.717) is 17.1 Å². The maximum absolute atomic E-state index is 11.9. The number of methoxy groups -OCH3 is 1. The van der Waals surface area contributed by atoms with Gasteiger partial charge in [-0.3, -0.25) is 4.79 Å². The van der Waals surface area contributed by atoms with E-state index in [1.165, 1.54) is 7.11 Å². The zero-order valence-corrected chi connectivity index (χ0v) is 10.3. The highest BCUT2D eigenvalue weighted by molar-refractivity contribution is 6.02. The number of ketones is 1. The summed E-state index contributed by atoms with van der Waals surface area (Å²) in [4.78, 5) is 23.5. The molecule has 0 N–H and O–H groups in total. The molecule has 5 nitrogen and oxygen atoms in total. The van der Waals surface area contributed by atoms with Crippen LogP contribution >= 0.6 is 0 Å². The van der Waals surface area contributed by atoms with Crippen LogP contribution in [0.15, 0.2) is 18.2 Å². The van der Waals surface area contributed by atoms with Crippen molar-refractivity contribution in [2.24, 2.45) is 0 Å². The van der Waals surface area contributed by atoms with Gasteiger partial charge in [-0.1, -0.05) is 0 Å². The van der Waals surface area contributed by atoms with E-state index in [1.54, 1.807) is 25.1 Å². The van der Waals surface area contributed by atoms with Crippen molar-refractivity contribution in [3.63, 3.8) is 0 Å². The average Bonchev–Trinajstić information content (AvgIpc) is 2.38. The number of carbonyl (C=O) groups is 2. The first-order valence-corrected chi connectivity index (χ1v) is 5.70. The van der Waals surface area contributed by atoms with Gasteiger partial charge in [0.05, 0.1) is 25.7 Å². The molecule has 0 unspecified atom stereocenters. The Balaban J connectivity index is 2.26. The molecule has 0 bridgehead atoms. The Hall–Kier alpha value is -2.04. The predicted octanol–water partition coefficient (Wildman–Crippen LogP) is 1.59. The fraction of sp³-hybridized carbons (Fsp3) is 0.385. The summed E-state index contributed by atoms with van der Waals surface area (Å²) in [6.07, 6.45) is -0.852. The van der Waals surface area contributed by atoms with Crippen LogP contribution in [0.25, 0.3) is 0 Å². The summed E-state index contributed by atoms with van der Waals surface area (Å²) < 4.78 is 15.4. The highest BCUT2D eigenvalue weighted by Crippen LogP contribution is 2.31. The summed E-state index contributed by atoms with van der Waals surface area (Å²) in [6, 6.07) is 4.92. The van der Waals surface area contributed by atoms with Crippen LogP contribution in [0.1, 0.15) is 23.7 Å². The van der Waals surface area contributed by atoms with Gasteiger partial charge in [-0.15, -0.1) is 0 Å². The summed E-state index contributed by atoms with van der Waals surface area (Å²) in [5, 5.41) is 0. The quantitative estimate of drug-likeness (QED) is 0.762. The highest BCUT2D eigenvalue weighted by Gasteiger charge is 2.32. The fourth-order valence-corrected chi connectivity index (χ4v) is 1.80. The second-order valence-electron chi connectivity index (χ2n) is 3.85. The molecule has 0 radical (unpaired) electrons. The molecule has 2 rings (SSSR count). The minimum Gasteiger partial charge on any atom is -0.497 e. The number of esters is 1. The van der Waals surface area contributed by atoms with Crippen molar-refractivity contribution in [3.8, 4) is 11.5 Å². The Bertz CT molecular complexity index is 480. The maximum Gasteiger partial charge on any atom is 0.347 e. The predicted molar refractivity (Wildman–Crippen MR) is 63.0 cm³/mol. The lowest BCUT2D eigenvalue weighted by atomic mass is 10.0. The Kier molecular flexibility index (Phi) is 3.50. The van der Waals surface area contributed by atoms with E-state index in [0.717, 1.165) is 0 Å². The number of hydrogen-bond acceptors (Lipinski definition) is 5. The van der Waals surface area contributed by atoms with Gasteiger partial charge in [-0.05, 0) is 19.1 Å². The number of hydrogen-bond donors (Lipinski definition) is 0. The van der Waals surface area contributed by atoms with Crippen LogP contribution in [0.3, 0.4) is 0 Å². The molecule has 0 fully saturated rings. The third-order valence-electron chi connectivity index (χ3n) is 2.68. The molecule has 96 valence electrons. The van der Waals surface area contributed by atoms with Crippen molar-refractivity contribution in [1.29, 1.82) is 0 Å². The molecule has 0 aliphatic carbocycles. The first kappa shape index (κ1) is 12.4. The Morgan fingerprint density at radius 3 is 2.94 bits per heavy atom. The molecule has 1 heterocycles. The third kappa shape index (κ3) is 2.30. The number of Topliss-reactive ketones (excluding diaryl/α,β-unsaturated/α-hetero) is 1. The lowest BCUT2D eigenvalue weighted by Crippen LogP contribution is -2.35. The van der Waals surface area contributed by atoms with Gasteiger partial charge in [0.1, 0.15) is 11.5 Å². The van der Waals surface area contributed by atoms with E-state index < -0.39 is 12.1 Å². The summed E-state index contributed by atoms with van der Waals surface area (Å²) >= 11 is 0. The van der Waals surface area contributed by atoms with Crippen LogP contribution in [0.4, 0.5) is 0 Å². The number of carbonyl (C=O) groups excluding carboxylic acids is 2. The molecule has 0 saturated heterocycles. The summed E-state index contributed by atoms with van der Waals surface area (Å²) in [5.41, 5.74) is 0.469. The molecular formula is C13H14O5. The van der Waals surface area contributed by atoms with Crippen LogP contribution in [0.5, 0.6) is 11.5 Å². The monoisotopic (exact) mass is 250 g/mol. The first-order chi connectivity index (χ1) is 8.65. The molecule has 0 spiro atoms. The Labute approximate surface area is 105 Å². The van der Waals surface area contributed by atoms with Crippen LogP contribution in [-0.2, 0) is 9.53 Å². The van der Waals surface area contributed by atoms with Gasteiger partial charge in [0.25, 0.3) is 0 Å². The van der Waals surface area contributed by atoms with E-state index in [2.05, 4.69) is 0 Å². The lowest BCUT2D eigenvalue weighted by Gasteiger charge is -2.23. The minimum absolute atomic E-state index is 0.0121. The maximum atomic E-state index is 11.9. The van der Waals surface area contributed by atoms with E-state index >= 15 is 0 Å². The van der Waals surface area contributed by atoms with Crippen molar-refractivity contribution >= 4 is 11.8 Å². The topological polar surface area (TPSA) is 61.8 Å². The normalized spacial score (nSPS) is 17.7. The fourth-order valence-electron chi connectivity index (χ4n) is 1.80. The summed E-state index contributed by atoms with van der Waals surface area (Å²) in [7, 11) is 1.52. The average molecular weight is 250 g/mol. The van der Waals surface area contributed by atoms with E-state index in [4.69, 9.17) is 14.2 Å². The van der Waals surface area contributed by atoms with Crippen molar-refractivity contribution in [2.45, 2.75) is 19.4 Å². The van der Waals surface area contributed by atoms with Crippen molar-refractivity contribution < 1.29 is 23.8 Å². The van der Waals surface area contributed by atoms with Gasteiger partial charge < -0.3 is 14.2 Å². The van der Waals surface area contributed by atoms with Gasteiger partial charge in [0, 0.05) is 6.07 Å². The molecule has 1 aliphatic heterocycles. The minimum atomic E-state index is -0.864. The van der Waals surface area contributed by atoms with Crippen molar-refractivity contribution in [1.82, 2.24) is 0 Å². The third-order valence-corrected chi connectivity index (χ3v) is 2.68. The molecule has 0 saturated carbocycles. The highest BCUT2D eigenvalue weighted by atomic mass is 16.6. The standard InChI is InChI=1S/C13H14O5/c1-3-17-13(15)12-7-10(14)9-5-4-8(16-2)6-11(9)18-12/h4-6,12H,3,7H2,1-2H3/t12-/m1/s1. The second kappa shape index (κ2) is 5.08. The molecule has 0 amide bonds. The lowest BCUT2D eigenvalue weighted by molar-refractivity contribution is -0.151. The molecule has 5 heteroatoms. The first-order valence-electron chi connectivity index (χ1n) is 5.70. The zero-order chi connectivity index (χ0) is 13.1. The molecule has 0 aromatic heterocycles. The van der Waals surface area contributed by atoms with Crippen molar-refractivity contribution in [3.05, 3.63) is 23.8 Å². The molecule has 1 aromatic rings. The van der Waals surface area contributed by atoms with Crippen molar-refractivity contribution in [2.75, 3.05) is 13.7 Å². The van der Waals surface area contributed by atoms with Gasteiger partial charge in [-0.25, -0.2) is 4.79 Å². The van der Waals surface area contributed by atoms with E-state index in [-0.39, 0.29) is 18.8 Å². The number of benzene rings is 1. The molecular weight excluding hydrogens is 236 g/mol. The summed E-state index contributed by atoms with van der Waals surface area (Å²) in [6.45, 7) is 1.97. The molecule has 1 aliphatic rings. The smallest absolute Gasteiger partial charge is 0.347 e. The van der Waals surface area contributed by atoms with Gasteiger partial charge in [0.2, 0.25) is 6.10 Å². The van der Waals surface area contributed by atoms with Gasteiger partial charge in [-0.2, -0.15) is 0 Å².